The van der Waals surface area contributed by atoms with Crippen molar-refractivity contribution in [2.24, 2.45) is 0 Å². The first kappa shape index (κ1) is 9.88. The molecule has 2 nitrogen and oxygen atoms in total. The number of hydrogen-bond acceptors (Lipinski definition) is 2. The van der Waals surface area contributed by atoms with Gasteiger partial charge in [-0.15, -0.1) is 0 Å². The number of allylic oxidation sites excluding steroid dienone is 1. The lowest BCUT2D eigenvalue weighted by Crippen LogP contribution is -2.24. The predicted molar refractivity (Wildman–Crippen MR) is 45.2 cm³/mol. The van der Waals surface area contributed by atoms with Crippen molar-refractivity contribution in [2.45, 2.75) is 20.8 Å². The summed E-state index contributed by atoms with van der Waals surface area (Å²) in [5.41, 5.74) is 0. The first-order chi connectivity index (χ1) is 4.72. The van der Waals surface area contributed by atoms with Crippen molar-refractivity contribution >= 4 is 9.28 Å². The predicted octanol–water partition coefficient (Wildman–Crippen LogP) is 1.40. The van der Waals surface area contributed by atoms with Gasteiger partial charge in [0.05, 0.1) is 0 Å². The molecule has 60 valence electrons. The van der Waals surface area contributed by atoms with Gasteiger partial charge in [0.15, 0.2) is 0 Å². The van der Waals surface area contributed by atoms with Crippen LogP contribution in [-0.4, -0.2) is 22.5 Å². The van der Waals surface area contributed by atoms with Crippen LogP contribution in [0.2, 0.25) is 0 Å². The standard InChI is InChI=1S/C7H16O2Si/c1-5-8-10(7(3)4)9-6-2/h10H,3,5-6H2,1-2,4H3. The molecule has 0 aromatic rings. The highest BCUT2D eigenvalue weighted by atomic mass is 28.3. The molecule has 0 aromatic carbocycles. The van der Waals surface area contributed by atoms with Gasteiger partial charge < -0.3 is 8.85 Å². The maximum absolute atomic E-state index is 5.36. The molecular formula is C7H16O2Si. The van der Waals surface area contributed by atoms with Gasteiger partial charge in [-0.2, -0.15) is 0 Å². The van der Waals surface area contributed by atoms with Crippen LogP contribution in [0.5, 0.6) is 0 Å². The fourth-order valence-electron chi connectivity index (χ4n) is 0.635. The third kappa shape index (κ3) is 3.82. The van der Waals surface area contributed by atoms with E-state index in [2.05, 4.69) is 6.58 Å². The minimum Gasteiger partial charge on any atom is -0.394 e. The Morgan fingerprint density at radius 2 is 1.70 bits per heavy atom. The van der Waals surface area contributed by atoms with Crippen LogP contribution in [0.1, 0.15) is 20.8 Å². The van der Waals surface area contributed by atoms with E-state index in [0.29, 0.717) is 0 Å². The van der Waals surface area contributed by atoms with E-state index < -0.39 is 9.28 Å². The Balaban J connectivity index is 3.61. The second kappa shape index (κ2) is 5.65. The van der Waals surface area contributed by atoms with Crippen LogP contribution in [-0.2, 0) is 8.85 Å². The summed E-state index contributed by atoms with van der Waals surface area (Å²) in [6, 6.07) is 0. The van der Waals surface area contributed by atoms with Gasteiger partial charge in [-0.3, -0.25) is 0 Å². The highest BCUT2D eigenvalue weighted by molar-refractivity contribution is 6.53. The average Bonchev–Trinajstić information content (AvgIpc) is 1.87. The fraction of sp³-hybridized carbons (Fsp3) is 0.714. The van der Waals surface area contributed by atoms with Gasteiger partial charge in [-0.1, -0.05) is 6.58 Å². The second-order valence-corrected chi connectivity index (χ2v) is 4.41. The third-order valence-corrected chi connectivity index (χ3v) is 3.12. The highest BCUT2D eigenvalue weighted by Gasteiger charge is 2.11. The van der Waals surface area contributed by atoms with E-state index >= 15 is 0 Å². The van der Waals surface area contributed by atoms with Crippen molar-refractivity contribution in [1.29, 1.82) is 0 Å². The molecule has 0 fully saturated rings. The zero-order valence-corrected chi connectivity index (χ0v) is 8.17. The zero-order chi connectivity index (χ0) is 7.98. The fourth-order valence-corrected chi connectivity index (χ4v) is 1.91. The summed E-state index contributed by atoms with van der Waals surface area (Å²) in [5, 5.41) is 1.06. The van der Waals surface area contributed by atoms with Gasteiger partial charge >= 0.3 is 9.28 Å². The maximum Gasteiger partial charge on any atom is 0.350 e. The van der Waals surface area contributed by atoms with Crippen molar-refractivity contribution in [3.05, 3.63) is 11.8 Å². The summed E-state index contributed by atoms with van der Waals surface area (Å²) in [6.07, 6.45) is 0. The van der Waals surface area contributed by atoms with Gasteiger partial charge in [0.2, 0.25) is 0 Å². The van der Waals surface area contributed by atoms with E-state index in [1.807, 2.05) is 20.8 Å². The lowest BCUT2D eigenvalue weighted by atomic mass is 10.8. The first-order valence-corrected chi connectivity index (χ1v) is 5.13. The summed E-state index contributed by atoms with van der Waals surface area (Å²) in [4.78, 5) is 0. The van der Waals surface area contributed by atoms with E-state index in [4.69, 9.17) is 8.85 Å². The van der Waals surface area contributed by atoms with Crippen molar-refractivity contribution in [2.75, 3.05) is 13.2 Å². The highest BCUT2D eigenvalue weighted by Crippen LogP contribution is 1.99. The smallest absolute Gasteiger partial charge is 0.350 e. The lowest BCUT2D eigenvalue weighted by molar-refractivity contribution is 0.221. The largest absolute Gasteiger partial charge is 0.394 e. The molecule has 0 N–H and O–H groups in total. The van der Waals surface area contributed by atoms with Crippen molar-refractivity contribution in [1.82, 2.24) is 0 Å². The molecule has 3 heteroatoms. The van der Waals surface area contributed by atoms with Crippen LogP contribution in [0, 0.1) is 0 Å². The third-order valence-electron chi connectivity index (χ3n) is 1.04. The molecule has 0 unspecified atom stereocenters. The van der Waals surface area contributed by atoms with Crippen LogP contribution in [0.15, 0.2) is 11.8 Å². The normalized spacial score (nSPS) is 10.4. The Morgan fingerprint density at radius 1 is 1.30 bits per heavy atom. The summed E-state index contributed by atoms with van der Waals surface area (Å²) in [7, 11) is -1.50. The molecule has 0 aliphatic heterocycles. The van der Waals surface area contributed by atoms with Crippen molar-refractivity contribution < 1.29 is 8.85 Å². The van der Waals surface area contributed by atoms with Gasteiger partial charge in [0, 0.05) is 13.2 Å². The quantitative estimate of drug-likeness (QED) is 0.566. The van der Waals surface area contributed by atoms with Gasteiger partial charge in [0.25, 0.3) is 0 Å². The molecule has 0 rings (SSSR count). The van der Waals surface area contributed by atoms with E-state index in [-0.39, 0.29) is 0 Å². The molecule has 0 saturated heterocycles. The summed E-state index contributed by atoms with van der Waals surface area (Å²) in [6.45, 7) is 11.2. The van der Waals surface area contributed by atoms with Gasteiger partial charge in [-0.05, 0) is 26.0 Å². The molecular weight excluding hydrogens is 144 g/mol. The molecule has 0 bridgehead atoms. The van der Waals surface area contributed by atoms with E-state index in [1.165, 1.54) is 0 Å². The SMILES string of the molecule is C=C(C)[SiH](OCC)OCC. The monoisotopic (exact) mass is 160 g/mol. The Hall–Kier alpha value is -0.123. The summed E-state index contributed by atoms with van der Waals surface area (Å²) in [5.74, 6) is 0. The second-order valence-electron chi connectivity index (χ2n) is 2.09. The lowest BCUT2D eigenvalue weighted by Gasteiger charge is -2.13. The number of hydrogen-bond donors (Lipinski definition) is 0. The van der Waals surface area contributed by atoms with E-state index in [1.54, 1.807) is 0 Å². The molecule has 0 atom stereocenters. The van der Waals surface area contributed by atoms with E-state index in [9.17, 15) is 0 Å². The molecule has 0 aromatic heterocycles. The Bertz CT molecular complexity index is 97.8. The molecule has 0 spiro atoms. The Kier molecular flexibility index (Phi) is 5.58. The van der Waals surface area contributed by atoms with Crippen LogP contribution in [0.4, 0.5) is 0 Å². The van der Waals surface area contributed by atoms with Crippen molar-refractivity contribution in [3.8, 4) is 0 Å². The van der Waals surface area contributed by atoms with Crippen LogP contribution >= 0.6 is 0 Å². The molecule has 10 heavy (non-hydrogen) atoms. The minimum absolute atomic E-state index is 0.726. The maximum atomic E-state index is 5.36. The topological polar surface area (TPSA) is 18.5 Å². The Morgan fingerprint density at radius 3 is 1.90 bits per heavy atom. The zero-order valence-electron chi connectivity index (χ0n) is 7.02. The summed E-state index contributed by atoms with van der Waals surface area (Å²) >= 11 is 0. The van der Waals surface area contributed by atoms with Gasteiger partial charge in [-0.25, -0.2) is 0 Å². The van der Waals surface area contributed by atoms with Gasteiger partial charge in [0.1, 0.15) is 0 Å². The van der Waals surface area contributed by atoms with E-state index in [0.717, 1.165) is 18.4 Å². The first-order valence-electron chi connectivity index (χ1n) is 3.61. The van der Waals surface area contributed by atoms with Crippen molar-refractivity contribution in [3.63, 3.8) is 0 Å². The number of rotatable bonds is 5. The molecule has 0 heterocycles. The Labute approximate surface area is 64.7 Å². The summed E-state index contributed by atoms with van der Waals surface area (Å²) < 4.78 is 10.7. The molecule has 0 radical (unpaired) electrons. The molecule has 0 aliphatic rings. The molecule has 0 saturated carbocycles. The molecule has 0 aliphatic carbocycles. The van der Waals surface area contributed by atoms with Crippen LogP contribution in [0.25, 0.3) is 0 Å². The van der Waals surface area contributed by atoms with Crippen LogP contribution in [0.3, 0.4) is 0 Å². The minimum atomic E-state index is -1.50. The average molecular weight is 160 g/mol. The molecule has 0 amide bonds. The van der Waals surface area contributed by atoms with Crippen LogP contribution < -0.4 is 0 Å².